The normalized spacial score (nSPS) is 21.7. The van der Waals surface area contributed by atoms with E-state index in [4.69, 9.17) is 14.2 Å². The number of rotatable bonds is 37. The molecule has 4 aliphatic rings. The molecule has 0 aromatic carbocycles. The third-order valence-electron chi connectivity index (χ3n) is 14.0. The highest BCUT2D eigenvalue weighted by Gasteiger charge is 2.51. The van der Waals surface area contributed by atoms with Crippen molar-refractivity contribution in [1.29, 1.82) is 0 Å². The molecule has 0 N–H and O–H groups in total. The summed E-state index contributed by atoms with van der Waals surface area (Å²) in [5, 5.41) is 0. The van der Waals surface area contributed by atoms with Gasteiger partial charge in [0.1, 0.15) is 6.10 Å². The molecule has 0 aliphatic heterocycles. The topological polar surface area (TPSA) is 82.1 Å². The molecule has 4 rings (SSSR count). The molecule has 4 saturated carbocycles. The van der Waals surface area contributed by atoms with Crippen LogP contribution in [0.5, 0.6) is 0 Å². The second kappa shape index (κ2) is 30.4. The number of carbonyl (C=O) groups excluding carboxylic acids is 3. The van der Waals surface area contributed by atoms with Gasteiger partial charge in [-0.2, -0.15) is 0 Å². The first-order valence-corrected chi connectivity index (χ1v) is 25.0. The smallest absolute Gasteiger partial charge is 0.306 e. The summed E-state index contributed by atoms with van der Waals surface area (Å²) in [5.41, 5.74) is 0.269. The van der Waals surface area contributed by atoms with Crippen LogP contribution in [0.1, 0.15) is 233 Å². The van der Waals surface area contributed by atoms with E-state index in [1.54, 1.807) is 0 Å². The summed E-state index contributed by atoms with van der Waals surface area (Å²) in [4.78, 5) is 40.4. The summed E-state index contributed by atoms with van der Waals surface area (Å²) in [7, 11) is 0. The zero-order valence-electron chi connectivity index (χ0n) is 37.9. The van der Waals surface area contributed by atoms with Crippen molar-refractivity contribution in [3.63, 3.8) is 0 Å². The van der Waals surface area contributed by atoms with Crippen molar-refractivity contribution >= 4 is 17.9 Å². The Morgan fingerprint density at radius 1 is 0.526 bits per heavy atom. The molecule has 4 fully saturated rings. The molecule has 0 heterocycles. The Bertz CT molecular complexity index is 1010. The minimum Gasteiger partial charge on any atom is -0.466 e. The SMILES string of the molecule is CCCCCC(CCCCC)CCOC(=O)CCCCCCCC(CCCCCCCCOC(=O)CC12CC3CC(CC(C3)C1)C2)OC(=O)CCCN(CC)CC. The van der Waals surface area contributed by atoms with Gasteiger partial charge in [0.05, 0.1) is 19.6 Å². The van der Waals surface area contributed by atoms with Crippen molar-refractivity contribution in [2.75, 3.05) is 32.8 Å². The molecule has 0 aromatic rings. The first-order valence-electron chi connectivity index (χ1n) is 25.0. The average molecular weight is 802 g/mol. The lowest BCUT2D eigenvalue weighted by molar-refractivity contribution is -0.152. The van der Waals surface area contributed by atoms with Crippen LogP contribution in [0.25, 0.3) is 0 Å². The first-order chi connectivity index (χ1) is 27.8. The lowest BCUT2D eigenvalue weighted by Crippen LogP contribution is -2.47. The molecule has 1 atom stereocenters. The maximum absolute atomic E-state index is 12.8. The summed E-state index contributed by atoms with van der Waals surface area (Å²) < 4.78 is 17.5. The Morgan fingerprint density at radius 2 is 1.02 bits per heavy atom. The number of nitrogens with zero attached hydrogens (tertiary/aromatic N) is 1. The highest BCUT2D eigenvalue weighted by molar-refractivity contribution is 5.70. The van der Waals surface area contributed by atoms with Crippen molar-refractivity contribution in [3.8, 4) is 0 Å². The van der Waals surface area contributed by atoms with Gasteiger partial charge < -0.3 is 19.1 Å². The van der Waals surface area contributed by atoms with E-state index in [0.717, 1.165) is 127 Å². The van der Waals surface area contributed by atoms with Gasteiger partial charge in [0, 0.05) is 12.8 Å². The van der Waals surface area contributed by atoms with E-state index >= 15 is 0 Å². The lowest BCUT2D eigenvalue weighted by atomic mass is 9.49. The van der Waals surface area contributed by atoms with E-state index in [-0.39, 0.29) is 29.4 Å². The maximum atomic E-state index is 12.8. The van der Waals surface area contributed by atoms with Crippen molar-refractivity contribution in [2.45, 2.75) is 239 Å². The summed E-state index contributed by atoms with van der Waals surface area (Å²) in [6.45, 7) is 13.0. The Hall–Kier alpha value is -1.63. The van der Waals surface area contributed by atoms with Gasteiger partial charge in [-0.1, -0.05) is 124 Å². The highest BCUT2D eigenvalue weighted by atomic mass is 16.5. The van der Waals surface area contributed by atoms with Crippen molar-refractivity contribution in [3.05, 3.63) is 0 Å². The van der Waals surface area contributed by atoms with Gasteiger partial charge in [0.2, 0.25) is 0 Å². The first kappa shape index (κ1) is 49.7. The summed E-state index contributed by atoms with van der Waals surface area (Å²) in [6, 6.07) is 0. The average Bonchev–Trinajstić information content (AvgIpc) is 3.17. The highest BCUT2D eigenvalue weighted by Crippen LogP contribution is 2.61. The molecule has 0 aromatic heterocycles. The number of carbonyl (C=O) groups is 3. The molecule has 332 valence electrons. The monoisotopic (exact) mass is 802 g/mol. The Labute approximate surface area is 351 Å². The lowest BCUT2D eigenvalue weighted by Gasteiger charge is -2.56. The zero-order valence-corrected chi connectivity index (χ0v) is 37.9. The van der Waals surface area contributed by atoms with Gasteiger partial charge in [0.25, 0.3) is 0 Å². The number of hydrogen-bond acceptors (Lipinski definition) is 7. The fraction of sp³-hybridized carbons (Fsp3) is 0.940. The van der Waals surface area contributed by atoms with E-state index < -0.39 is 0 Å². The summed E-state index contributed by atoms with van der Waals surface area (Å²) >= 11 is 0. The van der Waals surface area contributed by atoms with Crippen LogP contribution in [0.4, 0.5) is 0 Å². The molecule has 4 bridgehead atoms. The number of unbranched alkanes of at least 4 members (excludes halogenated alkanes) is 13. The Kier molecular flexibility index (Phi) is 26.5. The third-order valence-corrected chi connectivity index (χ3v) is 14.0. The minimum atomic E-state index is -0.0448. The molecule has 0 saturated heterocycles. The fourth-order valence-electron chi connectivity index (χ4n) is 11.1. The van der Waals surface area contributed by atoms with Gasteiger partial charge in [-0.3, -0.25) is 14.4 Å². The molecule has 7 heteroatoms. The maximum Gasteiger partial charge on any atom is 0.306 e. The van der Waals surface area contributed by atoms with E-state index in [0.29, 0.717) is 38.4 Å². The molecule has 57 heavy (non-hydrogen) atoms. The zero-order chi connectivity index (χ0) is 41.0. The number of hydrogen-bond donors (Lipinski definition) is 0. The molecule has 1 unspecified atom stereocenters. The van der Waals surface area contributed by atoms with Crippen LogP contribution in [0, 0.1) is 29.1 Å². The summed E-state index contributed by atoms with van der Waals surface area (Å²) in [6.07, 6.45) is 35.5. The third kappa shape index (κ3) is 22.0. The van der Waals surface area contributed by atoms with Crippen LogP contribution in [-0.2, 0) is 28.6 Å². The molecule has 0 spiro atoms. The minimum absolute atomic E-state index is 0.00193. The van der Waals surface area contributed by atoms with Gasteiger partial charge in [0.15, 0.2) is 0 Å². The predicted octanol–water partition coefficient (Wildman–Crippen LogP) is 13.3. The quantitative estimate of drug-likeness (QED) is 0.0351. The van der Waals surface area contributed by atoms with Gasteiger partial charge >= 0.3 is 17.9 Å². The molecule has 7 nitrogen and oxygen atoms in total. The van der Waals surface area contributed by atoms with E-state index in [1.807, 2.05) is 0 Å². The second-order valence-electron chi connectivity index (χ2n) is 19.1. The number of ether oxygens (including phenoxy) is 3. The number of esters is 3. The Morgan fingerprint density at radius 3 is 1.58 bits per heavy atom. The van der Waals surface area contributed by atoms with E-state index in [1.165, 1.54) is 96.3 Å². The van der Waals surface area contributed by atoms with Gasteiger partial charge in [-0.05, 0) is 139 Å². The van der Waals surface area contributed by atoms with E-state index in [2.05, 4.69) is 32.6 Å². The molecule has 0 amide bonds. The molecular formula is C50H91NO6. The van der Waals surface area contributed by atoms with Crippen LogP contribution in [0.15, 0.2) is 0 Å². The van der Waals surface area contributed by atoms with Crippen molar-refractivity contribution in [2.24, 2.45) is 29.1 Å². The second-order valence-corrected chi connectivity index (χ2v) is 19.1. The van der Waals surface area contributed by atoms with Crippen LogP contribution >= 0.6 is 0 Å². The van der Waals surface area contributed by atoms with Crippen LogP contribution in [-0.4, -0.2) is 61.8 Å². The largest absolute Gasteiger partial charge is 0.466 e. The standard InChI is InChI=1S/C50H91NO6/c1-5-9-18-25-42(26-19-10-6-2)31-34-56-47(52)29-22-16-13-15-21-28-46(57-48(53)30-24-32-51(7-3)8-4)27-20-14-11-12-17-23-33-55-49(54)41-50-38-43-35-44(39-50)37-45(36-43)40-50/h42-46H,5-41H2,1-4H3. The van der Waals surface area contributed by atoms with Crippen LogP contribution in [0.3, 0.4) is 0 Å². The van der Waals surface area contributed by atoms with Gasteiger partial charge in [-0.15, -0.1) is 0 Å². The van der Waals surface area contributed by atoms with Gasteiger partial charge in [-0.25, -0.2) is 0 Å². The molecular weight excluding hydrogens is 711 g/mol. The fourth-order valence-corrected chi connectivity index (χ4v) is 11.1. The Balaban J connectivity index is 1.23. The summed E-state index contributed by atoms with van der Waals surface area (Å²) in [5.74, 6) is 3.30. The van der Waals surface area contributed by atoms with Crippen LogP contribution < -0.4 is 0 Å². The van der Waals surface area contributed by atoms with E-state index in [9.17, 15) is 14.4 Å². The van der Waals surface area contributed by atoms with Crippen molar-refractivity contribution in [1.82, 2.24) is 4.90 Å². The predicted molar refractivity (Wildman–Crippen MR) is 235 cm³/mol. The molecule has 4 aliphatic carbocycles. The van der Waals surface area contributed by atoms with Crippen molar-refractivity contribution < 1.29 is 28.6 Å². The van der Waals surface area contributed by atoms with Crippen LogP contribution in [0.2, 0.25) is 0 Å². The molecule has 0 radical (unpaired) electrons.